The van der Waals surface area contributed by atoms with Gasteiger partial charge in [0.05, 0.1) is 6.04 Å². The van der Waals surface area contributed by atoms with Gasteiger partial charge >= 0.3 is 5.97 Å². The highest BCUT2D eigenvalue weighted by Crippen LogP contribution is 2.29. The lowest BCUT2D eigenvalue weighted by Crippen LogP contribution is -2.30. The molecule has 2 rings (SSSR count). The fraction of sp³-hybridized carbons (Fsp3) is 0.583. The molecule has 1 aromatic heterocycles. The van der Waals surface area contributed by atoms with Gasteiger partial charge in [-0.25, -0.2) is 9.78 Å². The summed E-state index contributed by atoms with van der Waals surface area (Å²) in [6.07, 6.45) is 4.08. The molecule has 1 saturated carbocycles. The van der Waals surface area contributed by atoms with E-state index in [2.05, 4.69) is 10.3 Å². The average molecular weight is 268 g/mol. The van der Waals surface area contributed by atoms with E-state index in [0.717, 1.165) is 12.8 Å². The standard InChI is InChI=1S/C12H16N2O3S/c1-7(11-14-9(6-18-11)12(16)17)13-10(15)5-8-3-2-4-8/h6-8H,2-5H2,1H3,(H,13,15)(H,16,17). The highest BCUT2D eigenvalue weighted by molar-refractivity contribution is 7.09. The molecule has 18 heavy (non-hydrogen) atoms. The van der Waals surface area contributed by atoms with E-state index in [0.29, 0.717) is 17.3 Å². The van der Waals surface area contributed by atoms with Gasteiger partial charge in [0.1, 0.15) is 5.01 Å². The van der Waals surface area contributed by atoms with Crippen molar-refractivity contribution in [3.8, 4) is 0 Å². The molecule has 1 aliphatic carbocycles. The molecule has 1 aromatic rings. The molecule has 0 radical (unpaired) electrons. The molecule has 0 aliphatic heterocycles. The number of aromatic carboxylic acids is 1. The maximum atomic E-state index is 11.7. The summed E-state index contributed by atoms with van der Waals surface area (Å²) >= 11 is 1.26. The van der Waals surface area contributed by atoms with Crippen LogP contribution in [0.15, 0.2) is 5.38 Å². The monoisotopic (exact) mass is 268 g/mol. The minimum atomic E-state index is -1.04. The Labute approximate surface area is 109 Å². The fourth-order valence-corrected chi connectivity index (χ4v) is 2.71. The van der Waals surface area contributed by atoms with Crippen molar-refractivity contribution in [3.63, 3.8) is 0 Å². The summed E-state index contributed by atoms with van der Waals surface area (Å²) in [5.41, 5.74) is 0.0371. The Morgan fingerprint density at radius 3 is 2.83 bits per heavy atom. The van der Waals surface area contributed by atoms with Crippen LogP contribution in [0.1, 0.15) is 54.1 Å². The first-order valence-electron chi connectivity index (χ1n) is 6.04. The quantitative estimate of drug-likeness (QED) is 0.858. The zero-order chi connectivity index (χ0) is 13.1. The van der Waals surface area contributed by atoms with Crippen molar-refractivity contribution in [2.24, 2.45) is 5.92 Å². The van der Waals surface area contributed by atoms with Crippen molar-refractivity contribution in [2.45, 2.75) is 38.6 Å². The van der Waals surface area contributed by atoms with Crippen LogP contribution in [0.3, 0.4) is 0 Å². The second-order valence-electron chi connectivity index (χ2n) is 4.67. The topological polar surface area (TPSA) is 79.3 Å². The molecule has 0 saturated heterocycles. The number of carbonyl (C=O) groups is 2. The van der Waals surface area contributed by atoms with Crippen LogP contribution in [-0.2, 0) is 4.79 Å². The van der Waals surface area contributed by atoms with Gasteiger partial charge in [-0.2, -0.15) is 0 Å². The van der Waals surface area contributed by atoms with Gasteiger partial charge in [-0.1, -0.05) is 6.42 Å². The van der Waals surface area contributed by atoms with Crippen molar-refractivity contribution >= 4 is 23.2 Å². The zero-order valence-corrected chi connectivity index (χ0v) is 11.0. The summed E-state index contributed by atoms with van der Waals surface area (Å²) in [4.78, 5) is 26.4. The van der Waals surface area contributed by atoms with Crippen LogP contribution in [0, 0.1) is 5.92 Å². The first-order valence-corrected chi connectivity index (χ1v) is 6.92. The summed E-state index contributed by atoms with van der Waals surface area (Å²) in [6.45, 7) is 1.82. The first-order chi connectivity index (χ1) is 8.56. The molecule has 0 bridgehead atoms. The smallest absolute Gasteiger partial charge is 0.355 e. The van der Waals surface area contributed by atoms with E-state index < -0.39 is 5.97 Å². The minimum Gasteiger partial charge on any atom is -0.476 e. The molecule has 5 nitrogen and oxygen atoms in total. The minimum absolute atomic E-state index is 0.0271. The van der Waals surface area contributed by atoms with E-state index in [1.807, 2.05) is 6.92 Å². The van der Waals surface area contributed by atoms with Crippen LogP contribution in [0.5, 0.6) is 0 Å². The summed E-state index contributed by atoms with van der Waals surface area (Å²) < 4.78 is 0. The van der Waals surface area contributed by atoms with Gasteiger partial charge in [0.25, 0.3) is 0 Å². The maximum Gasteiger partial charge on any atom is 0.355 e. The number of carboxylic acid groups (broad SMARTS) is 1. The summed E-state index contributed by atoms with van der Waals surface area (Å²) in [6, 6.07) is -0.226. The van der Waals surface area contributed by atoms with Gasteiger partial charge in [-0.3, -0.25) is 4.79 Å². The summed E-state index contributed by atoms with van der Waals surface area (Å²) in [7, 11) is 0. The molecule has 0 aromatic carbocycles. The fourth-order valence-electron chi connectivity index (χ4n) is 1.91. The lowest BCUT2D eigenvalue weighted by atomic mass is 9.83. The van der Waals surface area contributed by atoms with Crippen LogP contribution in [0.25, 0.3) is 0 Å². The van der Waals surface area contributed by atoms with E-state index in [-0.39, 0.29) is 17.6 Å². The molecule has 98 valence electrons. The molecule has 1 aliphatic rings. The molecule has 1 amide bonds. The molecular weight excluding hydrogens is 252 g/mol. The highest BCUT2D eigenvalue weighted by atomic mass is 32.1. The molecule has 1 fully saturated rings. The van der Waals surface area contributed by atoms with Crippen LogP contribution in [0.4, 0.5) is 0 Å². The average Bonchev–Trinajstić information content (AvgIpc) is 2.72. The molecule has 0 spiro atoms. The van der Waals surface area contributed by atoms with Crippen LogP contribution < -0.4 is 5.32 Å². The number of nitrogens with zero attached hydrogens (tertiary/aromatic N) is 1. The predicted molar refractivity (Wildman–Crippen MR) is 67.6 cm³/mol. The van der Waals surface area contributed by atoms with Gasteiger partial charge < -0.3 is 10.4 Å². The third-order valence-corrected chi connectivity index (χ3v) is 4.22. The zero-order valence-electron chi connectivity index (χ0n) is 10.2. The van der Waals surface area contributed by atoms with Gasteiger partial charge in [0, 0.05) is 11.8 Å². The largest absolute Gasteiger partial charge is 0.476 e. The van der Waals surface area contributed by atoms with Crippen molar-refractivity contribution in [1.82, 2.24) is 10.3 Å². The number of carbonyl (C=O) groups excluding carboxylic acids is 1. The Kier molecular flexibility index (Phi) is 3.96. The molecule has 1 unspecified atom stereocenters. The number of amides is 1. The van der Waals surface area contributed by atoms with Gasteiger partial charge in [-0.15, -0.1) is 11.3 Å². The predicted octanol–water partition coefficient (Wildman–Crippen LogP) is 2.21. The molecule has 2 N–H and O–H groups in total. The molecule has 6 heteroatoms. The van der Waals surface area contributed by atoms with E-state index in [1.54, 1.807) is 0 Å². The van der Waals surface area contributed by atoms with Gasteiger partial charge in [0.15, 0.2) is 5.69 Å². The van der Waals surface area contributed by atoms with Crippen molar-refractivity contribution < 1.29 is 14.7 Å². The van der Waals surface area contributed by atoms with Crippen LogP contribution in [0.2, 0.25) is 0 Å². The third kappa shape index (κ3) is 3.07. The maximum absolute atomic E-state index is 11.7. The molecular formula is C12H16N2O3S. The number of nitrogens with one attached hydrogen (secondary N) is 1. The first kappa shape index (κ1) is 13.0. The summed E-state index contributed by atoms with van der Waals surface area (Å²) in [5, 5.41) is 13.8. The van der Waals surface area contributed by atoms with Crippen LogP contribution in [-0.4, -0.2) is 22.0 Å². The lowest BCUT2D eigenvalue weighted by Gasteiger charge is -2.25. The number of carboxylic acids is 1. The summed E-state index contributed by atoms with van der Waals surface area (Å²) in [5.74, 6) is -0.479. The van der Waals surface area contributed by atoms with Crippen molar-refractivity contribution in [3.05, 3.63) is 16.1 Å². The Bertz CT molecular complexity index is 454. The highest BCUT2D eigenvalue weighted by Gasteiger charge is 2.22. The van der Waals surface area contributed by atoms with Crippen molar-refractivity contribution in [1.29, 1.82) is 0 Å². The van der Waals surface area contributed by atoms with Gasteiger partial charge in [-0.05, 0) is 25.7 Å². The third-order valence-electron chi connectivity index (χ3n) is 3.19. The Balaban J connectivity index is 1.87. The van der Waals surface area contributed by atoms with E-state index in [4.69, 9.17) is 5.11 Å². The number of thiazole rings is 1. The van der Waals surface area contributed by atoms with Gasteiger partial charge in [0.2, 0.25) is 5.91 Å². The van der Waals surface area contributed by atoms with E-state index >= 15 is 0 Å². The van der Waals surface area contributed by atoms with E-state index in [9.17, 15) is 9.59 Å². The van der Waals surface area contributed by atoms with Crippen LogP contribution >= 0.6 is 11.3 Å². The second kappa shape index (κ2) is 5.48. The molecule has 1 atom stereocenters. The number of hydrogen-bond acceptors (Lipinski definition) is 4. The normalized spacial score (nSPS) is 16.9. The Morgan fingerprint density at radius 1 is 1.61 bits per heavy atom. The SMILES string of the molecule is CC(NC(=O)CC1CCC1)c1nc(C(=O)O)cs1. The van der Waals surface area contributed by atoms with E-state index in [1.165, 1.54) is 23.1 Å². The van der Waals surface area contributed by atoms with Crippen molar-refractivity contribution in [2.75, 3.05) is 0 Å². The Morgan fingerprint density at radius 2 is 2.33 bits per heavy atom. The second-order valence-corrected chi connectivity index (χ2v) is 5.56. The number of aromatic nitrogens is 1. The number of hydrogen-bond donors (Lipinski definition) is 2. The Hall–Kier alpha value is -1.43. The number of rotatable bonds is 5. The molecule has 1 heterocycles. The lowest BCUT2D eigenvalue weighted by molar-refractivity contribution is -0.123.